The molecular weight excluding hydrogens is 264 g/mol. The quantitative estimate of drug-likeness (QED) is 0.671. The number of halogens is 1. The third-order valence-corrected chi connectivity index (χ3v) is 2.61. The number of carbonyl (C=O) groups excluding carboxylic acids is 1. The molecule has 0 saturated heterocycles. The molecule has 2 rings (SSSR count). The highest BCUT2D eigenvalue weighted by Gasteiger charge is 2.19. The van der Waals surface area contributed by atoms with Crippen molar-refractivity contribution in [3.05, 3.63) is 34.5 Å². The van der Waals surface area contributed by atoms with E-state index in [9.17, 15) is 9.59 Å². The second kappa shape index (κ2) is 3.51. The molecule has 4 nitrogen and oxygen atoms in total. The molecule has 0 amide bonds. The Balaban J connectivity index is 2.71. The number of aliphatic carboxylic acids is 1. The average molecular weight is 269 g/mol. The Morgan fingerprint density at radius 3 is 2.73 bits per heavy atom. The van der Waals surface area contributed by atoms with Crippen LogP contribution < -0.4 is 0 Å². The van der Waals surface area contributed by atoms with Gasteiger partial charge in [0.05, 0.1) is 10.0 Å². The summed E-state index contributed by atoms with van der Waals surface area (Å²) in [6.07, 6.45) is 1.42. The van der Waals surface area contributed by atoms with E-state index in [0.29, 0.717) is 9.86 Å². The van der Waals surface area contributed by atoms with E-state index in [1.54, 1.807) is 12.1 Å². The van der Waals surface area contributed by atoms with Crippen LogP contribution in [0.1, 0.15) is 10.4 Å². The summed E-state index contributed by atoms with van der Waals surface area (Å²) < 4.78 is 5.81. The lowest BCUT2D eigenvalue weighted by molar-refractivity contribution is -0.131. The number of ketones is 1. The number of carboxylic acids is 1. The first-order chi connectivity index (χ1) is 7.11. The lowest BCUT2D eigenvalue weighted by Crippen LogP contribution is -2.12. The summed E-state index contributed by atoms with van der Waals surface area (Å²) in [5.41, 5.74) is 0.350. The second-order valence-corrected chi connectivity index (χ2v) is 3.75. The van der Waals surface area contributed by atoms with Gasteiger partial charge in [0.25, 0.3) is 5.78 Å². The maximum absolute atomic E-state index is 11.3. The van der Waals surface area contributed by atoms with Crippen LogP contribution in [0.3, 0.4) is 0 Å². The monoisotopic (exact) mass is 268 g/mol. The smallest absolute Gasteiger partial charge is 0.377 e. The molecule has 1 aromatic heterocycles. The Labute approximate surface area is 92.6 Å². The number of para-hydroxylation sites is 1. The van der Waals surface area contributed by atoms with Crippen LogP contribution in [0.5, 0.6) is 0 Å². The number of carboxylic acid groups (broad SMARTS) is 1. The van der Waals surface area contributed by atoms with Gasteiger partial charge in [0, 0.05) is 5.39 Å². The number of hydrogen-bond acceptors (Lipinski definition) is 3. The molecule has 15 heavy (non-hydrogen) atoms. The summed E-state index contributed by atoms with van der Waals surface area (Å²) in [6.45, 7) is 0. The van der Waals surface area contributed by atoms with Crippen molar-refractivity contribution >= 4 is 38.7 Å². The minimum atomic E-state index is -1.49. The molecule has 0 radical (unpaired) electrons. The van der Waals surface area contributed by atoms with Crippen LogP contribution >= 0.6 is 15.9 Å². The van der Waals surface area contributed by atoms with E-state index in [1.807, 2.05) is 0 Å². The molecule has 0 spiro atoms. The van der Waals surface area contributed by atoms with Crippen LogP contribution in [-0.2, 0) is 4.79 Å². The third kappa shape index (κ3) is 1.55. The SMILES string of the molecule is O=C(O)C(=O)c1cccc2c(Br)coc12. The highest BCUT2D eigenvalue weighted by atomic mass is 79.9. The number of rotatable bonds is 2. The Morgan fingerprint density at radius 2 is 2.07 bits per heavy atom. The zero-order chi connectivity index (χ0) is 11.0. The molecule has 0 aliphatic carbocycles. The maximum atomic E-state index is 11.3. The molecule has 5 heteroatoms. The number of benzene rings is 1. The van der Waals surface area contributed by atoms with Gasteiger partial charge in [-0.3, -0.25) is 4.79 Å². The van der Waals surface area contributed by atoms with E-state index in [2.05, 4.69) is 15.9 Å². The first-order valence-corrected chi connectivity index (χ1v) is 4.84. The fourth-order valence-corrected chi connectivity index (χ4v) is 1.73. The molecule has 1 heterocycles. The molecular formula is C10H5BrO4. The van der Waals surface area contributed by atoms with Gasteiger partial charge >= 0.3 is 5.97 Å². The topological polar surface area (TPSA) is 67.5 Å². The van der Waals surface area contributed by atoms with Gasteiger partial charge in [0.1, 0.15) is 11.8 Å². The third-order valence-electron chi connectivity index (χ3n) is 1.99. The number of fused-ring (bicyclic) bond motifs is 1. The lowest BCUT2D eigenvalue weighted by Gasteiger charge is -1.96. The van der Waals surface area contributed by atoms with Crippen molar-refractivity contribution in [3.8, 4) is 0 Å². The summed E-state index contributed by atoms with van der Waals surface area (Å²) in [6, 6.07) is 4.77. The van der Waals surface area contributed by atoms with Crippen molar-refractivity contribution in [1.29, 1.82) is 0 Å². The van der Waals surface area contributed by atoms with E-state index in [1.165, 1.54) is 12.3 Å². The van der Waals surface area contributed by atoms with Crippen molar-refractivity contribution < 1.29 is 19.1 Å². The minimum absolute atomic E-state index is 0.0608. The van der Waals surface area contributed by atoms with Gasteiger partial charge in [-0.1, -0.05) is 6.07 Å². The normalized spacial score (nSPS) is 10.5. The Morgan fingerprint density at radius 1 is 1.33 bits per heavy atom. The van der Waals surface area contributed by atoms with Gasteiger partial charge in [-0.05, 0) is 28.1 Å². The van der Waals surface area contributed by atoms with Crippen LogP contribution in [0.15, 0.2) is 33.4 Å². The predicted molar refractivity (Wildman–Crippen MR) is 55.9 cm³/mol. The highest BCUT2D eigenvalue weighted by molar-refractivity contribution is 9.10. The number of hydrogen-bond donors (Lipinski definition) is 1. The molecule has 1 N–H and O–H groups in total. The molecule has 0 unspecified atom stereocenters. The van der Waals surface area contributed by atoms with E-state index >= 15 is 0 Å². The van der Waals surface area contributed by atoms with Crippen molar-refractivity contribution in [3.63, 3.8) is 0 Å². The van der Waals surface area contributed by atoms with Crippen molar-refractivity contribution in [2.24, 2.45) is 0 Å². The van der Waals surface area contributed by atoms with Gasteiger partial charge in [0.15, 0.2) is 0 Å². The number of furan rings is 1. The highest BCUT2D eigenvalue weighted by Crippen LogP contribution is 2.28. The molecule has 0 fully saturated rings. The van der Waals surface area contributed by atoms with Gasteiger partial charge in [-0.25, -0.2) is 4.79 Å². The standard InChI is InChI=1S/C10H5BrO4/c11-7-4-15-9-5(7)2-1-3-6(9)8(12)10(13)14/h1-4H,(H,13,14). The molecule has 2 aromatic rings. The van der Waals surface area contributed by atoms with E-state index in [-0.39, 0.29) is 11.1 Å². The summed E-state index contributed by atoms with van der Waals surface area (Å²) in [4.78, 5) is 21.8. The molecule has 0 bridgehead atoms. The van der Waals surface area contributed by atoms with E-state index < -0.39 is 11.8 Å². The molecule has 0 aliphatic rings. The van der Waals surface area contributed by atoms with Crippen LogP contribution in [-0.4, -0.2) is 16.9 Å². The Bertz CT molecular complexity index is 556. The van der Waals surface area contributed by atoms with Gasteiger partial charge in [0.2, 0.25) is 0 Å². The minimum Gasteiger partial charge on any atom is -0.475 e. The largest absolute Gasteiger partial charge is 0.475 e. The van der Waals surface area contributed by atoms with Crippen LogP contribution in [0, 0.1) is 0 Å². The Hall–Kier alpha value is -1.62. The molecule has 0 atom stereocenters. The van der Waals surface area contributed by atoms with E-state index in [4.69, 9.17) is 9.52 Å². The lowest BCUT2D eigenvalue weighted by atomic mass is 10.1. The van der Waals surface area contributed by atoms with Crippen LogP contribution in [0.2, 0.25) is 0 Å². The molecule has 0 saturated carbocycles. The van der Waals surface area contributed by atoms with E-state index in [0.717, 1.165) is 0 Å². The summed E-state index contributed by atoms with van der Waals surface area (Å²) >= 11 is 3.23. The first kappa shape index (κ1) is 9.92. The first-order valence-electron chi connectivity index (χ1n) is 4.04. The molecule has 76 valence electrons. The van der Waals surface area contributed by atoms with Crippen LogP contribution in [0.25, 0.3) is 11.0 Å². The van der Waals surface area contributed by atoms with Gasteiger partial charge < -0.3 is 9.52 Å². The van der Waals surface area contributed by atoms with Crippen molar-refractivity contribution in [2.45, 2.75) is 0 Å². The zero-order valence-corrected chi connectivity index (χ0v) is 8.95. The van der Waals surface area contributed by atoms with Gasteiger partial charge in [-0.15, -0.1) is 0 Å². The van der Waals surface area contributed by atoms with Crippen molar-refractivity contribution in [1.82, 2.24) is 0 Å². The summed E-state index contributed by atoms with van der Waals surface area (Å²) in [5, 5.41) is 9.28. The average Bonchev–Trinajstić information content (AvgIpc) is 2.59. The molecule has 0 aliphatic heterocycles. The number of carbonyl (C=O) groups is 2. The number of Topliss-reactive ketones (excluding diaryl/α,β-unsaturated/α-hetero) is 1. The maximum Gasteiger partial charge on any atom is 0.377 e. The Kier molecular flexibility index (Phi) is 2.32. The fourth-order valence-electron chi connectivity index (χ4n) is 1.32. The predicted octanol–water partition coefficient (Wildman–Crippen LogP) is 2.46. The molecule has 1 aromatic carbocycles. The summed E-state index contributed by atoms with van der Waals surface area (Å²) in [7, 11) is 0. The zero-order valence-electron chi connectivity index (χ0n) is 7.36. The second-order valence-electron chi connectivity index (χ2n) is 2.90. The van der Waals surface area contributed by atoms with Gasteiger partial charge in [-0.2, -0.15) is 0 Å². The summed E-state index contributed by atoms with van der Waals surface area (Å²) in [5.74, 6) is -2.46. The van der Waals surface area contributed by atoms with Crippen molar-refractivity contribution in [2.75, 3.05) is 0 Å². The fraction of sp³-hybridized carbons (Fsp3) is 0. The van der Waals surface area contributed by atoms with Crippen LogP contribution in [0.4, 0.5) is 0 Å².